The van der Waals surface area contributed by atoms with Crippen molar-refractivity contribution in [2.24, 2.45) is 0 Å². The first kappa shape index (κ1) is 16.8. The lowest BCUT2D eigenvalue weighted by molar-refractivity contribution is -0.113. The third-order valence-electron chi connectivity index (χ3n) is 3.31. The lowest BCUT2D eigenvalue weighted by atomic mass is 10.1. The summed E-state index contributed by atoms with van der Waals surface area (Å²) in [4.78, 5) is 25.4. The fraction of sp³-hybridized carbons (Fsp3) is 0. The molecule has 1 aliphatic heterocycles. The summed E-state index contributed by atoms with van der Waals surface area (Å²) in [5.74, 6) is -0.650. The summed E-state index contributed by atoms with van der Waals surface area (Å²) in [6, 6.07) is 12.1. The van der Waals surface area contributed by atoms with Crippen molar-refractivity contribution in [3.05, 3.63) is 70.4 Å². The SMILES string of the molecule is O=C(Cl)c1ccc(/C=C2\SC(=S)N(c3ccc(F)cc3)C2=O)cc1. The molecule has 3 nitrogen and oxygen atoms in total. The molecule has 1 saturated heterocycles. The van der Waals surface area contributed by atoms with E-state index in [1.54, 1.807) is 30.3 Å². The minimum atomic E-state index is -0.538. The number of amides is 1. The van der Waals surface area contributed by atoms with Crippen molar-refractivity contribution >= 4 is 62.8 Å². The van der Waals surface area contributed by atoms with Gasteiger partial charge in [-0.05, 0) is 59.6 Å². The van der Waals surface area contributed by atoms with Crippen molar-refractivity contribution in [3.8, 4) is 0 Å². The zero-order chi connectivity index (χ0) is 17.3. The van der Waals surface area contributed by atoms with Gasteiger partial charge in [0.2, 0.25) is 0 Å². The molecule has 0 saturated carbocycles. The number of benzene rings is 2. The van der Waals surface area contributed by atoms with Crippen LogP contribution in [0.15, 0.2) is 53.4 Å². The maximum absolute atomic E-state index is 13.0. The number of thioether (sulfide) groups is 1. The maximum Gasteiger partial charge on any atom is 0.270 e. The second-order valence-corrected chi connectivity index (χ2v) is 6.91. The van der Waals surface area contributed by atoms with Gasteiger partial charge in [0.05, 0.1) is 10.6 Å². The predicted octanol–water partition coefficient (Wildman–Crippen LogP) is 4.61. The monoisotopic (exact) mass is 377 g/mol. The highest BCUT2D eigenvalue weighted by Gasteiger charge is 2.33. The van der Waals surface area contributed by atoms with E-state index in [2.05, 4.69) is 0 Å². The highest BCUT2D eigenvalue weighted by Crippen LogP contribution is 2.36. The summed E-state index contributed by atoms with van der Waals surface area (Å²) >= 11 is 11.8. The average Bonchev–Trinajstić information content (AvgIpc) is 2.83. The lowest BCUT2D eigenvalue weighted by Crippen LogP contribution is -2.27. The Labute approximate surface area is 152 Å². The Balaban J connectivity index is 1.87. The molecule has 2 aromatic rings. The second kappa shape index (κ2) is 6.84. The number of anilines is 1. The van der Waals surface area contributed by atoms with Crippen molar-refractivity contribution < 1.29 is 14.0 Å². The molecule has 2 aromatic carbocycles. The summed E-state index contributed by atoms with van der Waals surface area (Å²) in [5.41, 5.74) is 1.65. The molecule has 0 radical (unpaired) electrons. The normalized spacial score (nSPS) is 16.1. The fourth-order valence-electron chi connectivity index (χ4n) is 2.14. The van der Waals surface area contributed by atoms with Gasteiger partial charge in [-0.1, -0.05) is 36.1 Å². The number of rotatable bonds is 3. The van der Waals surface area contributed by atoms with Crippen molar-refractivity contribution in [2.45, 2.75) is 0 Å². The molecule has 7 heteroatoms. The summed E-state index contributed by atoms with van der Waals surface area (Å²) in [5, 5.41) is -0.538. The number of thiocarbonyl (C=S) groups is 1. The van der Waals surface area contributed by atoms with Crippen LogP contribution in [0.4, 0.5) is 10.1 Å². The fourth-order valence-corrected chi connectivity index (χ4v) is 3.57. The van der Waals surface area contributed by atoms with Crippen LogP contribution >= 0.6 is 35.6 Å². The number of hydrogen-bond donors (Lipinski definition) is 0. The van der Waals surface area contributed by atoms with Gasteiger partial charge in [-0.2, -0.15) is 0 Å². The van der Waals surface area contributed by atoms with E-state index in [4.69, 9.17) is 23.8 Å². The van der Waals surface area contributed by atoms with Crippen molar-refractivity contribution in [2.75, 3.05) is 4.90 Å². The van der Waals surface area contributed by atoms with E-state index in [-0.39, 0.29) is 11.7 Å². The minimum absolute atomic E-state index is 0.269. The van der Waals surface area contributed by atoms with Crippen molar-refractivity contribution in [3.63, 3.8) is 0 Å². The van der Waals surface area contributed by atoms with Crippen molar-refractivity contribution in [1.82, 2.24) is 0 Å². The molecular formula is C17H9ClFNO2S2. The van der Waals surface area contributed by atoms with Crippen molar-refractivity contribution in [1.29, 1.82) is 0 Å². The Hall–Kier alpha value is -2.02. The van der Waals surface area contributed by atoms with Gasteiger partial charge in [-0.15, -0.1) is 0 Å². The number of halogens is 2. The molecule has 1 fully saturated rings. The molecule has 0 bridgehead atoms. The Bertz CT molecular complexity index is 863. The molecule has 1 amide bonds. The Morgan fingerprint density at radius 2 is 1.75 bits per heavy atom. The van der Waals surface area contributed by atoms with Gasteiger partial charge >= 0.3 is 0 Å². The molecule has 1 aliphatic rings. The van der Waals surface area contributed by atoms with Gasteiger partial charge in [0.15, 0.2) is 4.32 Å². The van der Waals surface area contributed by atoms with Gasteiger partial charge < -0.3 is 0 Å². The van der Waals surface area contributed by atoms with E-state index < -0.39 is 5.24 Å². The molecule has 3 rings (SSSR count). The third-order valence-corrected chi connectivity index (χ3v) is 4.83. The Morgan fingerprint density at radius 3 is 2.33 bits per heavy atom. The Morgan fingerprint density at radius 1 is 1.12 bits per heavy atom. The largest absolute Gasteiger partial charge is 0.276 e. The maximum atomic E-state index is 13.0. The molecule has 0 atom stereocenters. The van der Waals surface area contributed by atoms with Crippen LogP contribution in [-0.2, 0) is 4.79 Å². The zero-order valence-electron chi connectivity index (χ0n) is 12.0. The number of hydrogen-bond acceptors (Lipinski definition) is 4. The minimum Gasteiger partial charge on any atom is -0.276 e. The first-order valence-electron chi connectivity index (χ1n) is 6.79. The molecule has 0 aliphatic carbocycles. The van der Waals surface area contributed by atoms with Gasteiger partial charge in [-0.3, -0.25) is 14.5 Å². The first-order valence-corrected chi connectivity index (χ1v) is 8.39. The quantitative estimate of drug-likeness (QED) is 0.444. The van der Waals surface area contributed by atoms with Gasteiger partial charge in [-0.25, -0.2) is 4.39 Å². The molecule has 24 heavy (non-hydrogen) atoms. The van der Waals surface area contributed by atoms with Crippen LogP contribution in [0.25, 0.3) is 6.08 Å². The predicted molar refractivity (Wildman–Crippen MR) is 98.7 cm³/mol. The highest BCUT2D eigenvalue weighted by molar-refractivity contribution is 8.27. The van der Waals surface area contributed by atoms with Gasteiger partial charge in [0.1, 0.15) is 5.82 Å². The summed E-state index contributed by atoms with van der Waals surface area (Å²) in [6.45, 7) is 0. The number of nitrogens with zero attached hydrogens (tertiary/aromatic N) is 1. The smallest absolute Gasteiger partial charge is 0.270 e. The standard InChI is InChI=1S/C17H9ClFNO2S2/c18-15(21)11-3-1-10(2-4-11)9-14-16(22)20(17(23)24-14)13-7-5-12(19)6-8-13/h1-9H/b14-9-. The van der Waals surface area contributed by atoms with E-state index in [1.165, 1.54) is 40.9 Å². The Kier molecular flexibility index (Phi) is 4.80. The van der Waals surface area contributed by atoms with Crippen LogP contribution in [-0.4, -0.2) is 15.5 Å². The summed E-state index contributed by atoms with van der Waals surface area (Å²) < 4.78 is 13.4. The van der Waals surface area contributed by atoms with Crippen LogP contribution in [0, 0.1) is 5.82 Å². The van der Waals surface area contributed by atoms with E-state index in [0.717, 1.165) is 5.56 Å². The van der Waals surface area contributed by atoms with Crippen LogP contribution < -0.4 is 4.90 Å². The first-order chi connectivity index (χ1) is 11.5. The molecule has 0 unspecified atom stereocenters. The summed E-state index contributed by atoms with van der Waals surface area (Å²) in [6.07, 6.45) is 1.69. The summed E-state index contributed by atoms with van der Waals surface area (Å²) in [7, 11) is 0. The average molecular weight is 378 g/mol. The van der Waals surface area contributed by atoms with Crippen LogP contribution in [0.2, 0.25) is 0 Å². The lowest BCUT2D eigenvalue weighted by Gasteiger charge is -2.14. The highest BCUT2D eigenvalue weighted by atomic mass is 35.5. The van der Waals surface area contributed by atoms with E-state index in [0.29, 0.717) is 20.5 Å². The van der Waals surface area contributed by atoms with Crippen LogP contribution in [0.5, 0.6) is 0 Å². The van der Waals surface area contributed by atoms with Gasteiger partial charge in [0, 0.05) is 5.56 Å². The molecule has 1 heterocycles. The zero-order valence-corrected chi connectivity index (χ0v) is 14.4. The van der Waals surface area contributed by atoms with Crippen LogP contribution in [0.3, 0.4) is 0 Å². The van der Waals surface area contributed by atoms with Gasteiger partial charge in [0.25, 0.3) is 11.1 Å². The van der Waals surface area contributed by atoms with E-state index in [9.17, 15) is 14.0 Å². The molecule has 0 aromatic heterocycles. The molecule has 0 N–H and O–H groups in total. The second-order valence-electron chi connectivity index (χ2n) is 4.89. The number of carbonyl (C=O) groups is 2. The third kappa shape index (κ3) is 3.40. The van der Waals surface area contributed by atoms with Crippen LogP contribution in [0.1, 0.15) is 15.9 Å². The molecular weight excluding hydrogens is 369 g/mol. The molecule has 120 valence electrons. The van der Waals surface area contributed by atoms with E-state index in [1.807, 2.05) is 0 Å². The number of carbonyl (C=O) groups excluding carboxylic acids is 2. The molecule has 0 spiro atoms. The van der Waals surface area contributed by atoms with E-state index >= 15 is 0 Å². The topological polar surface area (TPSA) is 37.4 Å².